The number of benzene rings is 1. The van der Waals surface area contributed by atoms with E-state index >= 15 is 0 Å². The summed E-state index contributed by atoms with van der Waals surface area (Å²) in [6, 6.07) is 5.55. The average Bonchev–Trinajstić information content (AvgIpc) is 3.41. The Morgan fingerprint density at radius 3 is 2.36 bits per heavy atom. The first kappa shape index (κ1) is 18.4. The van der Waals surface area contributed by atoms with E-state index in [0.717, 1.165) is 24.8 Å². The van der Waals surface area contributed by atoms with E-state index in [1.54, 1.807) is 12.1 Å². The van der Waals surface area contributed by atoms with E-state index in [0.29, 0.717) is 12.0 Å². The smallest absolute Gasteiger partial charge is 0.367 e. The molecule has 0 aliphatic carbocycles. The zero-order chi connectivity index (χ0) is 18.4. The lowest BCUT2D eigenvalue weighted by atomic mass is 9.94. The van der Waals surface area contributed by atoms with Gasteiger partial charge < -0.3 is 9.47 Å². The van der Waals surface area contributed by atoms with Crippen molar-refractivity contribution in [1.82, 2.24) is 0 Å². The largest absolute Gasteiger partial charge is 0.454 e. The number of ketones is 1. The highest BCUT2D eigenvalue weighted by atomic mass is 19.4. The number of carbonyl (C=O) groups is 1. The molecular formula is C19H23F3O3. The van der Waals surface area contributed by atoms with Gasteiger partial charge >= 0.3 is 6.18 Å². The lowest BCUT2D eigenvalue weighted by Gasteiger charge is -2.09. The molecule has 0 aromatic heterocycles. The lowest BCUT2D eigenvalue weighted by Crippen LogP contribution is -2.22. The monoisotopic (exact) mass is 356 g/mol. The normalized spacial score (nSPS) is 28.5. The molecule has 0 amide bonds. The first-order chi connectivity index (χ1) is 11.6. The molecule has 3 nitrogen and oxygen atoms in total. The van der Waals surface area contributed by atoms with E-state index in [1.807, 2.05) is 0 Å². The van der Waals surface area contributed by atoms with Gasteiger partial charge in [0, 0.05) is 5.56 Å². The second-order valence-electron chi connectivity index (χ2n) is 7.67. The van der Waals surface area contributed by atoms with E-state index in [-0.39, 0.29) is 23.4 Å². The third kappa shape index (κ3) is 4.42. The molecular weight excluding hydrogens is 333 g/mol. The molecule has 0 radical (unpaired) electrons. The number of hydrogen-bond donors (Lipinski definition) is 0. The molecule has 0 saturated carbocycles. The van der Waals surface area contributed by atoms with Crippen molar-refractivity contribution in [2.75, 3.05) is 0 Å². The number of alkyl halides is 3. The number of epoxide rings is 2. The van der Waals surface area contributed by atoms with Crippen LogP contribution in [-0.4, -0.2) is 29.8 Å². The topological polar surface area (TPSA) is 42.1 Å². The second-order valence-corrected chi connectivity index (χ2v) is 7.67. The van der Waals surface area contributed by atoms with Gasteiger partial charge in [0.15, 0.2) is 0 Å². The van der Waals surface area contributed by atoms with Crippen LogP contribution in [-0.2, 0) is 9.47 Å². The van der Waals surface area contributed by atoms with Crippen LogP contribution >= 0.6 is 0 Å². The van der Waals surface area contributed by atoms with Crippen molar-refractivity contribution in [1.29, 1.82) is 0 Å². The molecule has 2 heterocycles. The van der Waals surface area contributed by atoms with Crippen LogP contribution < -0.4 is 0 Å². The summed E-state index contributed by atoms with van der Waals surface area (Å²) in [5.74, 6) is -1.31. The third-order valence-electron chi connectivity index (χ3n) is 5.06. The summed E-state index contributed by atoms with van der Waals surface area (Å²) in [5, 5.41) is 0. The minimum atomic E-state index is -4.84. The minimum absolute atomic E-state index is 0.0218. The van der Waals surface area contributed by atoms with Crippen molar-refractivity contribution in [3.63, 3.8) is 0 Å². The minimum Gasteiger partial charge on any atom is -0.367 e. The van der Waals surface area contributed by atoms with E-state index in [9.17, 15) is 18.0 Å². The fourth-order valence-electron chi connectivity index (χ4n) is 3.29. The molecule has 4 atom stereocenters. The molecule has 2 aliphatic heterocycles. The maximum atomic E-state index is 12.4. The van der Waals surface area contributed by atoms with E-state index in [4.69, 9.17) is 9.47 Å². The molecule has 2 aliphatic rings. The third-order valence-corrected chi connectivity index (χ3v) is 5.06. The van der Waals surface area contributed by atoms with Gasteiger partial charge in [0.2, 0.25) is 0 Å². The summed E-state index contributed by atoms with van der Waals surface area (Å²) >= 11 is 0. The average molecular weight is 356 g/mol. The van der Waals surface area contributed by atoms with Gasteiger partial charge in [-0.25, -0.2) is 0 Å². The Morgan fingerprint density at radius 2 is 1.84 bits per heavy atom. The standard InChI is InChI=1S/C19H23F3O3/c1-11(4-9-15-18(2,3)25-15)10-14-16(24-14)12-5-7-13(8-6-12)17(23)19(20,21)22/h5-8,11,14-16H,4,9-10H2,1-3H3. The van der Waals surface area contributed by atoms with E-state index in [2.05, 4.69) is 20.8 Å². The van der Waals surface area contributed by atoms with Crippen LogP contribution in [0, 0.1) is 5.92 Å². The van der Waals surface area contributed by atoms with Gasteiger partial charge in [0.1, 0.15) is 6.10 Å². The summed E-state index contributed by atoms with van der Waals surface area (Å²) in [6.45, 7) is 6.37. The van der Waals surface area contributed by atoms with Crippen molar-refractivity contribution < 1.29 is 27.4 Å². The molecule has 2 fully saturated rings. The molecule has 138 valence electrons. The Labute approximate surface area is 145 Å². The zero-order valence-corrected chi connectivity index (χ0v) is 14.6. The Hall–Kier alpha value is -1.40. The molecule has 2 saturated heterocycles. The number of halogens is 3. The van der Waals surface area contributed by atoms with Crippen LogP contribution in [0.15, 0.2) is 24.3 Å². The van der Waals surface area contributed by atoms with Gasteiger partial charge in [0.25, 0.3) is 5.78 Å². The summed E-state index contributed by atoms with van der Waals surface area (Å²) in [5.41, 5.74) is 0.505. The van der Waals surface area contributed by atoms with Crippen LogP contribution in [0.5, 0.6) is 0 Å². The molecule has 0 N–H and O–H groups in total. The van der Waals surface area contributed by atoms with Gasteiger partial charge in [-0.1, -0.05) is 31.2 Å². The summed E-state index contributed by atoms with van der Waals surface area (Å²) in [6.07, 6.45) is -1.43. The maximum Gasteiger partial charge on any atom is 0.454 e. The summed E-state index contributed by atoms with van der Waals surface area (Å²) in [7, 11) is 0. The quantitative estimate of drug-likeness (QED) is 0.518. The SMILES string of the molecule is CC(CCC1OC1(C)C)CC1OC1c1ccc(C(=O)C(F)(F)F)cc1. The van der Waals surface area contributed by atoms with Crippen molar-refractivity contribution in [3.05, 3.63) is 35.4 Å². The Morgan fingerprint density at radius 1 is 1.24 bits per heavy atom. The van der Waals surface area contributed by atoms with Crippen LogP contribution in [0.4, 0.5) is 13.2 Å². The highest BCUT2D eigenvalue weighted by Crippen LogP contribution is 2.44. The predicted octanol–water partition coefficient (Wildman–Crippen LogP) is 4.86. The fraction of sp³-hybridized carbons (Fsp3) is 0.632. The molecule has 0 spiro atoms. The number of Topliss-reactive ketones (excluding diaryl/α,β-unsaturated/α-hetero) is 1. The number of hydrogen-bond acceptors (Lipinski definition) is 3. The Bertz CT molecular complexity index is 636. The number of carbonyl (C=O) groups excluding carboxylic acids is 1. The van der Waals surface area contributed by atoms with Crippen LogP contribution in [0.1, 0.15) is 62.1 Å². The Kier molecular flexibility index (Phi) is 4.71. The zero-order valence-electron chi connectivity index (χ0n) is 14.6. The number of ether oxygens (including phenoxy) is 2. The van der Waals surface area contributed by atoms with Gasteiger partial charge in [-0.05, 0) is 44.6 Å². The first-order valence-electron chi connectivity index (χ1n) is 8.62. The van der Waals surface area contributed by atoms with Crippen molar-refractivity contribution >= 4 is 5.78 Å². The van der Waals surface area contributed by atoms with E-state index < -0.39 is 12.0 Å². The number of rotatable bonds is 7. The van der Waals surface area contributed by atoms with E-state index in [1.165, 1.54) is 12.1 Å². The molecule has 25 heavy (non-hydrogen) atoms. The molecule has 1 aromatic carbocycles. The molecule has 3 rings (SSSR count). The van der Waals surface area contributed by atoms with Gasteiger partial charge in [-0.15, -0.1) is 0 Å². The molecule has 4 unspecified atom stereocenters. The summed E-state index contributed by atoms with van der Waals surface area (Å²) < 4.78 is 48.5. The van der Waals surface area contributed by atoms with Crippen LogP contribution in [0.25, 0.3) is 0 Å². The lowest BCUT2D eigenvalue weighted by molar-refractivity contribution is -0.0885. The van der Waals surface area contributed by atoms with Crippen LogP contribution in [0.3, 0.4) is 0 Å². The predicted molar refractivity (Wildman–Crippen MR) is 86.4 cm³/mol. The van der Waals surface area contributed by atoms with Crippen LogP contribution in [0.2, 0.25) is 0 Å². The van der Waals surface area contributed by atoms with Gasteiger partial charge in [-0.3, -0.25) is 4.79 Å². The molecule has 0 bridgehead atoms. The first-order valence-corrected chi connectivity index (χ1v) is 8.62. The maximum absolute atomic E-state index is 12.4. The highest BCUT2D eigenvalue weighted by molar-refractivity contribution is 6.00. The fourth-order valence-corrected chi connectivity index (χ4v) is 3.29. The van der Waals surface area contributed by atoms with Gasteiger partial charge in [0.05, 0.1) is 17.8 Å². The molecule has 6 heteroatoms. The van der Waals surface area contributed by atoms with Crippen molar-refractivity contribution in [2.24, 2.45) is 5.92 Å². The second kappa shape index (κ2) is 6.40. The highest BCUT2D eigenvalue weighted by Gasteiger charge is 2.47. The summed E-state index contributed by atoms with van der Waals surface area (Å²) in [4.78, 5) is 11.2. The van der Waals surface area contributed by atoms with Crippen molar-refractivity contribution in [2.45, 2.75) is 70.1 Å². The van der Waals surface area contributed by atoms with Gasteiger partial charge in [-0.2, -0.15) is 13.2 Å². The van der Waals surface area contributed by atoms with Crippen molar-refractivity contribution in [3.8, 4) is 0 Å². The Balaban J connectivity index is 1.46. The molecule has 1 aromatic rings.